The molecule has 1 saturated heterocycles. The molecule has 1 N–H and O–H groups in total. The third kappa shape index (κ3) is 3.48. The summed E-state index contributed by atoms with van der Waals surface area (Å²) in [6.07, 6.45) is 4.33. The summed E-state index contributed by atoms with van der Waals surface area (Å²) in [5, 5.41) is 10.3. The monoisotopic (exact) mass is 315 g/mol. The van der Waals surface area contributed by atoms with Gasteiger partial charge in [-0.05, 0) is 62.4 Å². The van der Waals surface area contributed by atoms with Crippen LogP contribution in [0.4, 0.5) is 0 Å². The predicted octanol–water partition coefficient (Wildman–Crippen LogP) is 3.15. The SMILES string of the molecule is Cc1cc(C)c2oc(=O)cc(CN3CCCC[C@H]3CCO)c2c1. The lowest BCUT2D eigenvalue weighted by atomic mass is 9.97. The molecular weight excluding hydrogens is 290 g/mol. The summed E-state index contributed by atoms with van der Waals surface area (Å²) in [6, 6.07) is 6.18. The van der Waals surface area contributed by atoms with Gasteiger partial charge in [0.15, 0.2) is 0 Å². The smallest absolute Gasteiger partial charge is 0.336 e. The van der Waals surface area contributed by atoms with Gasteiger partial charge in [-0.15, -0.1) is 0 Å². The molecule has 23 heavy (non-hydrogen) atoms. The Hall–Kier alpha value is -1.65. The van der Waals surface area contributed by atoms with Gasteiger partial charge in [0.05, 0.1) is 0 Å². The Labute approximate surface area is 136 Å². The van der Waals surface area contributed by atoms with Crippen LogP contribution >= 0.6 is 0 Å². The van der Waals surface area contributed by atoms with E-state index in [1.54, 1.807) is 6.07 Å². The molecule has 4 nitrogen and oxygen atoms in total. The molecular formula is C19H25NO3. The number of aliphatic hydroxyl groups excluding tert-OH is 1. The lowest BCUT2D eigenvalue weighted by molar-refractivity contribution is 0.113. The van der Waals surface area contributed by atoms with Gasteiger partial charge in [0, 0.05) is 30.6 Å². The van der Waals surface area contributed by atoms with Gasteiger partial charge >= 0.3 is 5.63 Å². The van der Waals surface area contributed by atoms with Crippen molar-refractivity contribution >= 4 is 11.0 Å². The minimum atomic E-state index is -0.282. The molecule has 1 aliphatic rings. The maximum atomic E-state index is 12.0. The van der Waals surface area contributed by atoms with E-state index in [-0.39, 0.29) is 12.2 Å². The molecule has 0 saturated carbocycles. The Kier molecular flexibility index (Phi) is 4.83. The first kappa shape index (κ1) is 16.2. The van der Waals surface area contributed by atoms with Crippen LogP contribution < -0.4 is 5.63 Å². The Bertz CT molecular complexity index is 748. The van der Waals surface area contributed by atoms with Gasteiger partial charge in [0.25, 0.3) is 0 Å². The molecule has 2 aromatic rings. The normalized spacial score (nSPS) is 19.3. The zero-order chi connectivity index (χ0) is 16.4. The van der Waals surface area contributed by atoms with Crippen molar-refractivity contribution in [1.82, 2.24) is 4.90 Å². The highest BCUT2D eigenvalue weighted by atomic mass is 16.4. The molecule has 0 amide bonds. The van der Waals surface area contributed by atoms with E-state index in [1.165, 1.54) is 18.4 Å². The summed E-state index contributed by atoms with van der Waals surface area (Å²) in [7, 11) is 0. The van der Waals surface area contributed by atoms with E-state index in [9.17, 15) is 9.90 Å². The number of hydrogen-bond acceptors (Lipinski definition) is 4. The summed E-state index contributed by atoms with van der Waals surface area (Å²) >= 11 is 0. The first-order chi connectivity index (χ1) is 11.1. The predicted molar refractivity (Wildman–Crippen MR) is 91.7 cm³/mol. The third-order valence-corrected chi connectivity index (χ3v) is 4.84. The molecule has 1 aromatic carbocycles. The maximum Gasteiger partial charge on any atom is 0.336 e. The average Bonchev–Trinajstić information content (AvgIpc) is 2.51. The zero-order valence-corrected chi connectivity index (χ0v) is 14.0. The van der Waals surface area contributed by atoms with Crippen molar-refractivity contribution < 1.29 is 9.52 Å². The van der Waals surface area contributed by atoms with Crippen LogP contribution in [0.15, 0.2) is 27.4 Å². The second-order valence-corrected chi connectivity index (χ2v) is 6.68. The topological polar surface area (TPSA) is 53.7 Å². The molecule has 124 valence electrons. The fraction of sp³-hybridized carbons (Fsp3) is 0.526. The molecule has 0 aliphatic carbocycles. The average molecular weight is 315 g/mol. The molecule has 0 bridgehead atoms. The first-order valence-electron chi connectivity index (χ1n) is 8.47. The number of benzene rings is 1. The standard InChI is InChI=1S/C19H25NO3/c1-13-9-14(2)19-17(10-13)15(11-18(22)23-19)12-20-7-4-3-5-16(20)6-8-21/h9-11,16,21H,3-8,12H2,1-2H3/t16-/m0/s1. The molecule has 2 heterocycles. The molecule has 1 aliphatic heterocycles. The minimum absolute atomic E-state index is 0.219. The number of aliphatic hydroxyl groups is 1. The molecule has 4 heteroatoms. The van der Waals surface area contributed by atoms with E-state index < -0.39 is 0 Å². The van der Waals surface area contributed by atoms with Crippen molar-refractivity contribution in [2.24, 2.45) is 0 Å². The third-order valence-electron chi connectivity index (χ3n) is 4.84. The number of hydrogen-bond donors (Lipinski definition) is 1. The largest absolute Gasteiger partial charge is 0.422 e. The van der Waals surface area contributed by atoms with Crippen LogP contribution in [0.2, 0.25) is 0 Å². The van der Waals surface area contributed by atoms with Gasteiger partial charge in [-0.2, -0.15) is 0 Å². The van der Waals surface area contributed by atoms with Crippen molar-refractivity contribution in [2.75, 3.05) is 13.2 Å². The van der Waals surface area contributed by atoms with Crippen LogP contribution in [-0.4, -0.2) is 29.2 Å². The molecule has 0 unspecified atom stereocenters. The summed E-state index contributed by atoms with van der Waals surface area (Å²) in [4.78, 5) is 14.4. The fourth-order valence-electron chi connectivity index (χ4n) is 3.77. The van der Waals surface area contributed by atoms with Gasteiger partial charge in [0.2, 0.25) is 0 Å². The highest BCUT2D eigenvalue weighted by Crippen LogP contribution is 2.27. The molecule has 0 radical (unpaired) electrons. The summed E-state index contributed by atoms with van der Waals surface area (Å²) in [5.41, 5.74) is 3.64. The first-order valence-corrected chi connectivity index (χ1v) is 8.47. The van der Waals surface area contributed by atoms with Gasteiger partial charge in [-0.3, -0.25) is 4.90 Å². The van der Waals surface area contributed by atoms with Gasteiger partial charge in [-0.1, -0.05) is 12.5 Å². The number of rotatable bonds is 4. The van der Waals surface area contributed by atoms with Crippen LogP contribution in [-0.2, 0) is 6.54 Å². The van der Waals surface area contributed by atoms with Crippen LogP contribution in [0.1, 0.15) is 42.4 Å². The van der Waals surface area contributed by atoms with Crippen molar-refractivity contribution in [3.63, 3.8) is 0 Å². The summed E-state index contributed by atoms with van der Waals surface area (Å²) in [5.74, 6) is 0. The van der Waals surface area contributed by atoms with E-state index >= 15 is 0 Å². The fourth-order valence-corrected chi connectivity index (χ4v) is 3.77. The second-order valence-electron chi connectivity index (χ2n) is 6.68. The summed E-state index contributed by atoms with van der Waals surface area (Å²) in [6.45, 7) is 6.04. The minimum Gasteiger partial charge on any atom is -0.422 e. The molecule has 1 aromatic heterocycles. The number of piperidine rings is 1. The highest BCUT2D eigenvalue weighted by molar-refractivity contribution is 5.83. The van der Waals surface area contributed by atoms with E-state index in [0.717, 1.165) is 42.4 Å². The van der Waals surface area contributed by atoms with Crippen molar-refractivity contribution in [3.05, 3.63) is 45.3 Å². The molecule has 0 spiro atoms. The van der Waals surface area contributed by atoms with Crippen LogP contribution in [0.5, 0.6) is 0 Å². The maximum absolute atomic E-state index is 12.0. The van der Waals surface area contributed by atoms with Crippen LogP contribution in [0.3, 0.4) is 0 Å². The molecule has 1 fully saturated rings. The Balaban J connectivity index is 2.00. The van der Waals surface area contributed by atoms with E-state index in [4.69, 9.17) is 4.42 Å². The number of nitrogens with zero attached hydrogens (tertiary/aromatic N) is 1. The summed E-state index contributed by atoms with van der Waals surface area (Å²) < 4.78 is 5.44. The number of likely N-dealkylation sites (tertiary alicyclic amines) is 1. The number of aryl methyl sites for hydroxylation is 2. The zero-order valence-electron chi connectivity index (χ0n) is 14.0. The molecule has 3 rings (SSSR count). The van der Waals surface area contributed by atoms with Gasteiger partial charge in [0.1, 0.15) is 5.58 Å². The van der Waals surface area contributed by atoms with Crippen molar-refractivity contribution in [1.29, 1.82) is 0 Å². The lowest BCUT2D eigenvalue weighted by Crippen LogP contribution is -2.39. The Morgan fingerprint density at radius 2 is 2.09 bits per heavy atom. The van der Waals surface area contributed by atoms with Gasteiger partial charge in [-0.25, -0.2) is 4.79 Å². The quantitative estimate of drug-likeness (QED) is 0.881. The number of fused-ring (bicyclic) bond motifs is 1. The van der Waals surface area contributed by atoms with Gasteiger partial charge < -0.3 is 9.52 Å². The second kappa shape index (κ2) is 6.85. The van der Waals surface area contributed by atoms with E-state index in [1.807, 2.05) is 13.0 Å². The van der Waals surface area contributed by atoms with E-state index in [2.05, 4.69) is 17.9 Å². The van der Waals surface area contributed by atoms with E-state index in [0.29, 0.717) is 11.6 Å². The Morgan fingerprint density at radius 1 is 1.26 bits per heavy atom. The van der Waals surface area contributed by atoms with Crippen LogP contribution in [0.25, 0.3) is 11.0 Å². The highest BCUT2D eigenvalue weighted by Gasteiger charge is 2.23. The molecule has 1 atom stereocenters. The lowest BCUT2D eigenvalue weighted by Gasteiger charge is -2.35. The Morgan fingerprint density at radius 3 is 2.87 bits per heavy atom. The van der Waals surface area contributed by atoms with Crippen molar-refractivity contribution in [2.45, 2.75) is 52.1 Å². The van der Waals surface area contributed by atoms with Crippen molar-refractivity contribution in [3.8, 4) is 0 Å². The van der Waals surface area contributed by atoms with Crippen LogP contribution in [0, 0.1) is 13.8 Å².